The van der Waals surface area contributed by atoms with E-state index >= 15 is 0 Å². The van der Waals surface area contributed by atoms with E-state index in [9.17, 15) is 9.59 Å². The van der Waals surface area contributed by atoms with Gasteiger partial charge in [-0.3, -0.25) is 14.2 Å². The van der Waals surface area contributed by atoms with Gasteiger partial charge in [0.2, 0.25) is 5.91 Å². The second kappa shape index (κ2) is 9.75. The van der Waals surface area contributed by atoms with E-state index in [2.05, 4.69) is 17.4 Å². The number of thioether (sulfide) groups is 1. The van der Waals surface area contributed by atoms with Crippen LogP contribution in [-0.4, -0.2) is 29.9 Å². The first-order valence-electron chi connectivity index (χ1n) is 13.4. The normalized spacial score (nSPS) is 24.8. The summed E-state index contributed by atoms with van der Waals surface area (Å²) in [5.74, 6) is 3.15. The molecule has 0 spiro atoms. The summed E-state index contributed by atoms with van der Waals surface area (Å²) in [7, 11) is 3.31. The number of anilines is 1. The van der Waals surface area contributed by atoms with Crippen molar-refractivity contribution in [1.29, 1.82) is 0 Å². The second-order valence-corrected chi connectivity index (χ2v) is 13.0. The fourth-order valence-electron chi connectivity index (χ4n) is 7.12. The van der Waals surface area contributed by atoms with Gasteiger partial charge in [-0.15, -0.1) is 11.8 Å². The smallest absolute Gasteiger partial charge is 0.308 e. The minimum atomic E-state index is -0.189. The summed E-state index contributed by atoms with van der Waals surface area (Å²) >= 11 is 3.15. The molecule has 0 radical (unpaired) electrons. The summed E-state index contributed by atoms with van der Waals surface area (Å²) in [6, 6.07) is 20.1. The number of carbonyl (C=O) groups excluding carboxylic acids is 1. The van der Waals surface area contributed by atoms with Crippen molar-refractivity contribution >= 4 is 45.5 Å². The lowest BCUT2D eigenvalue weighted by Gasteiger charge is -2.40. The molecule has 3 aliphatic rings. The van der Waals surface area contributed by atoms with Gasteiger partial charge in [0.15, 0.2) is 11.5 Å². The number of hydrogen-bond acceptors (Lipinski definition) is 6. The Bertz CT molecular complexity index is 1640. The molecule has 39 heavy (non-hydrogen) atoms. The Morgan fingerprint density at radius 2 is 1.77 bits per heavy atom. The van der Waals surface area contributed by atoms with Crippen LogP contribution >= 0.6 is 23.1 Å². The third kappa shape index (κ3) is 4.16. The van der Waals surface area contributed by atoms with E-state index in [0.717, 1.165) is 31.9 Å². The quantitative estimate of drug-likeness (QED) is 0.298. The Kier molecular flexibility index (Phi) is 6.20. The molecule has 1 aromatic heterocycles. The number of aromatic nitrogens is 1. The molecule has 2 aliphatic carbocycles. The molecule has 5 atom stereocenters. The Morgan fingerprint density at radius 3 is 2.59 bits per heavy atom. The number of carbonyl (C=O) groups is 1. The number of ether oxygens (including phenoxy) is 2. The maximum atomic E-state index is 13.4. The zero-order valence-corrected chi connectivity index (χ0v) is 23.5. The van der Waals surface area contributed by atoms with Crippen LogP contribution in [0, 0.1) is 17.8 Å². The van der Waals surface area contributed by atoms with Crippen molar-refractivity contribution in [2.45, 2.75) is 42.0 Å². The number of nitrogens with one attached hydrogen (secondary N) is 1. The van der Waals surface area contributed by atoms with E-state index in [-0.39, 0.29) is 23.2 Å². The van der Waals surface area contributed by atoms with Crippen LogP contribution in [-0.2, 0) is 11.3 Å². The molecule has 2 fully saturated rings. The first kappa shape index (κ1) is 24.8. The van der Waals surface area contributed by atoms with Gasteiger partial charge in [-0.05, 0) is 77.6 Å². The first-order chi connectivity index (χ1) is 19.0. The third-order valence-electron chi connectivity index (χ3n) is 8.79. The van der Waals surface area contributed by atoms with Gasteiger partial charge in [0.25, 0.3) is 0 Å². The van der Waals surface area contributed by atoms with Gasteiger partial charge in [0, 0.05) is 21.7 Å². The minimum absolute atomic E-state index is 0.00856. The molecule has 4 aromatic rings. The lowest BCUT2D eigenvalue weighted by molar-refractivity contribution is -0.116. The Labute approximate surface area is 235 Å². The molecule has 8 heteroatoms. The van der Waals surface area contributed by atoms with Crippen LogP contribution < -0.4 is 19.7 Å². The first-order valence-corrected chi connectivity index (χ1v) is 15.1. The number of hydrogen-bond donors (Lipinski definition) is 1. The van der Waals surface area contributed by atoms with Crippen molar-refractivity contribution in [3.8, 4) is 11.5 Å². The predicted molar refractivity (Wildman–Crippen MR) is 157 cm³/mol. The lowest BCUT2D eigenvalue weighted by Crippen LogP contribution is -2.34. The highest BCUT2D eigenvalue weighted by Crippen LogP contribution is 2.64. The number of benzene rings is 3. The molecule has 6 nitrogen and oxygen atoms in total. The molecule has 1 aliphatic heterocycles. The maximum absolute atomic E-state index is 13.4. The van der Waals surface area contributed by atoms with Gasteiger partial charge >= 0.3 is 4.87 Å². The minimum Gasteiger partial charge on any atom is -0.493 e. The topological polar surface area (TPSA) is 69.6 Å². The number of thiazole rings is 1. The highest BCUT2D eigenvalue weighted by molar-refractivity contribution is 8.00. The molecule has 5 unspecified atom stereocenters. The van der Waals surface area contributed by atoms with Crippen molar-refractivity contribution in [2.75, 3.05) is 19.5 Å². The predicted octanol–water partition coefficient (Wildman–Crippen LogP) is 6.37. The van der Waals surface area contributed by atoms with E-state index in [1.807, 2.05) is 60.3 Å². The number of rotatable bonds is 6. The average Bonchev–Trinajstić information content (AvgIpc) is 3.65. The average molecular weight is 559 g/mol. The Hall–Kier alpha value is -3.23. The van der Waals surface area contributed by atoms with Crippen molar-refractivity contribution in [1.82, 2.24) is 4.57 Å². The summed E-state index contributed by atoms with van der Waals surface area (Å²) in [4.78, 5) is 27.6. The van der Waals surface area contributed by atoms with Crippen LogP contribution in [0.2, 0.25) is 0 Å². The highest BCUT2D eigenvalue weighted by atomic mass is 32.2. The van der Waals surface area contributed by atoms with Crippen LogP contribution in [0.5, 0.6) is 11.5 Å². The molecule has 200 valence electrons. The van der Waals surface area contributed by atoms with Gasteiger partial charge < -0.3 is 14.8 Å². The van der Waals surface area contributed by atoms with E-state index in [1.165, 1.54) is 30.6 Å². The molecular weight excluding hydrogens is 528 g/mol. The van der Waals surface area contributed by atoms with Crippen LogP contribution in [0.3, 0.4) is 0 Å². The molecule has 0 saturated heterocycles. The summed E-state index contributed by atoms with van der Waals surface area (Å²) in [6.45, 7) is 0.00856. The van der Waals surface area contributed by atoms with E-state index in [0.29, 0.717) is 34.5 Å². The van der Waals surface area contributed by atoms with Crippen molar-refractivity contribution in [3.05, 3.63) is 80.8 Å². The van der Waals surface area contributed by atoms with Gasteiger partial charge in [-0.2, -0.15) is 0 Å². The Morgan fingerprint density at radius 1 is 0.974 bits per heavy atom. The van der Waals surface area contributed by atoms with Crippen molar-refractivity contribution < 1.29 is 14.3 Å². The van der Waals surface area contributed by atoms with Crippen LogP contribution in [0.25, 0.3) is 10.8 Å². The lowest BCUT2D eigenvalue weighted by atomic mass is 9.75. The third-order valence-corrected chi connectivity index (χ3v) is 11.6. The molecule has 2 saturated carbocycles. The van der Waals surface area contributed by atoms with E-state index in [4.69, 9.17) is 9.47 Å². The second-order valence-electron chi connectivity index (χ2n) is 10.8. The zero-order valence-electron chi connectivity index (χ0n) is 21.9. The van der Waals surface area contributed by atoms with Gasteiger partial charge in [-0.25, -0.2) is 0 Å². The molecule has 3 aromatic carbocycles. The Balaban J connectivity index is 1.24. The highest BCUT2D eigenvalue weighted by Gasteiger charge is 2.55. The fourth-order valence-corrected chi connectivity index (χ4v) is 10.3. The SMILES string of the molecule is COc1ccc(C2c3sc(=O)n(CC(=O)Nc4ccc5ccccc5c4)c3SC3C4CCC(C4)C23)cc1OC. The maximum Gasteiger partial charge on any atom is 0.308 e. The van der Waals surface area contributed by atoms with Crippen LogP contribution in [0.1, 0.15) is 35.6 Å². The number of nitrogens with zero attached hydrogens (tertiary/aromatic N) is 1. The molecule has 1 N–H and O–H groups in total. The zero-order chi connectivity index (χ0) is 26.7. The summed E-state index contributed by atoms with van der Waals surface area (Å²) < 4.78 is 12.9. The van der Waals surface area contributed by atoms with Crippen LogP contribution in [0.15, 0.2) is 70.5 Å². The molecule has 7 rings (SSSR count). The molecule has 2 bridgehead atoms. The number of methoxy groups -OCH3 is 2. The largest absolute Gasteiger partial charge is 0.493 e. The van der Waals surface area contributed by atoms with Gasteiger partial charge in [0.05, 0.1) is 19.2 Å². The fraction of sp³-hybridized carbons (Fsp3) is 0.355. The molecular formula is C31H30N2O4S2. The monoisotopic (exact) mass is 558 g/mol. The summed E-state index contributed by atoms with van der Waals surface area (Å²) in [5, 5.41) is 6.63. The van der Waals surface area contributed by atoms with Gasteiger partial charge in [-0.1, -0.05) is 47.7 Å². The van der Waals surface area contributed by atoms with Crippen LogP contribution in [0.4, 0.5) is 5.69 Å². The van der Waals surface area contributed by atoms with E-state index in [1.54, 1.807) is 18.8 Å². The van der Waals surface area contributed by atoms with Crippen molar-refractivity contribution in [3.63, 3.8) is 0 Å². The number of amides is 1. The van der Waals surface area contributed by atoms with E-state index < -0.39 is 0 Å². The molecule has 1 amide bonds. The summed E-state index contributed by atoms with van der Waals surface area (Å²) in [5.41, 5.74) is 1.89. The standard InChI is InChI=1S/C31H30N2O4S2/c1-36-23-12-10-20(15-24(23)37-2)27-26-19-7-8-21(13-19)28(26)38-30-29(27)39-31(35)33(30)16-25(34)32-22-11-9-17-5-3-4-6-18(17)14-22/h3-6,9-12,14-15,19,21,26-28H,7-8,13,16H2,1-2H3,(H,32,34). The number of fused-ring (bicyclic) bond motifs is 7. The van der Waals surface area contributed by atoms with Gasteiger partial charge in [0.1, 0.15) is 6.54 Å². The summed E-state index contributed by atoms with van der Waals surface area (Å²) in [6.07, 6.45) is 3.77. The van der Waals surface area contributed by atoms with Crippen molar-refractivity contribution in [2.24, 2.45) is 17.8 Å². The molecule has 2 heterocycles.